The molecule has 2 unspecified atom stereocenters. The normalized spacial score (nSPS) is 18.9. The van der Waals surface area contributed by atoms with E-state index < -0.39 is 0 Å². The molecule has 0 radical (unpaired) electrons. The fourth-order valence-electron chi connectivity index (χ4n) is 2.84. The molecule has 0 aliphatic carbocycles. The minimum atomic E-state index is 0. The van der Waals surface area contributed by atoms with Crippen molar-refractivity contribution >= 4 is 59.2 Å². The van der Waals surface area contributed by atoms with Gasteiger partial charge in [0.15, 0.2) is 5.96 Å². The van der Waals surface area contributed by atoms with Crippen LogP contribution < -0.4 is 10.6 Å². The second-order valence-corrected chi connectivity index (χ2v) is 7.63. The lowest BCUT2D eigenvalue weighted by Gasteiger charge is -2.31. The fraction of sp³-hybridized carbons (Fsp3) is 0.556. The number of nitrogens with one attached hydrogen (secondary N) is 2. The van der Waals surface area contributed by atoms with E-state index in [1.165, 1.54) is 5.56 Å². The summed E-state index contributed by atoms with van der Waals surface area (Å²) in [5.74, 6) is 1.01. The second kappa shape index (κ2) is 11.9. The van der Waals surface area contributed by atoms with E-state index in [4.69, 9.17) is 16.6 Å². The number of nitrogens with zero attached hydrogens (tertiary/aromatic N) is 2. The van der Waals surface area contributed by atoms with Crippen LogP contribution in [-0.2, 0) is 4.79 Å². The highest BCUT2D eigenvalue weighted by Gasteiger charge is 2.23. The molecule has 2 N–H and O–H groups in total. The number of rotatable bonds is 6. The van der Waals surface area contributed by atoms with Crippen LogP contribution in [0, 0.1) is 0 Å². The number of hydrogen-bond donors (Lipinski definition) is 2. The molecule has 1 aliphatic rings. The molecule has 1 aliphatic heterocycles. The van der Waals surface area contributed by atoms with Crippen LogP contribution in [0.1, 0.15) is 30.6 Å². The molecule has 1 saturated heterocycles. The summed E-state index contributed by atoms with van der Waals surface area (Å²) in [6.07, 6.45) is 3.51. The first kappa shape index (κ1) is 23.4. The number of hydrogen-bond acceptors (Lipinski definition) is 3. The van der Waals surface area contributed by atoms with Crippen molar-refractivity contribution in [2.75, 3.05) is 32.9 Å². The molecule has 0 aromatic heterocycles. The molecule has 1 amide bonds. The zero-order chi connectivity index (χ0) is 18.2. The largest absolute Gasteiger partial charge is 0.357 e. The maximum absolute atomic E-state index is 11.6. The molecule has 146 valence electrons. The van der Waals surface area contributed by atoms with Crippen molar-refractivity contribution in [1.29, 1.82) is 0 Å². The van der Waals surface area contributed by atoms with Crippen molar-refractivity contribution in [2.24, 2.45) is 4.99 Å². The molecular weight excluding hydrogens is 483 g/mol. The van der Waals surface area contributed by atoms with Gasteiger partial charge in [-0.05, 0) is 37.3 Å². The highest BCUT2D eigenvalue weighted by atomic mass is 127. The van der Waals surface area contributed by atoms with Gasteiger partial charge in [-0.2, -0.15) is 11.8 Å². The monoisotopic (exact) mass is 510 g/mol. The topological polar surface area (TPSA) is 56.7 Å². The number of benzene rings is 1. The standard InChI is InChI=1S/C18H27ClN4OS.HI/c1-4-20-18(22-15-8-9-17(24)23(2)12-15)21-11-16(25-3)13-6-5-7-14(19)10-13;/h5-7,10,15-16H,4,8-9,11-12H2,1-3H3,(H2,20,21,22);1H. The molecule has 2 atom stereocenters. The maximum Gasteiger partial charge on any atom is 0.222 e. The number of guanidine groups is 1. The summed E-state index contributed by atoms with van der Waals surface area (Å²) < 4.78 is 0. The van der Waals surface area contributed by atoms with E-state index in [2.05, 4.69) is 29.9 Å². The van der Waals surface area contributed by atoms with Crippen molar-refractivity contribution in [3.05, 3.63) is 34.9 Å². The van der Waals surface area contributed by atoms with Gasteiger partial charge < -0.3 is 15.5 Å². The zero-order valence-electron chi connectivity index (χ0n) is 15.5. The molecular formula is C18H28ClIN4OS. The summed E-state index contributed by atoms with van der Waals surface area (Å²) in [4.78, 5) is 18.2. The van der Waals surface area contributed by atoms with Crippen LogP contribution in [0.3, 0.4) is 0 Å². The molecule has 0 saturated carbocycles. The third-order valence-electron chi connectivity index (χ3n) is 4.23. The number of amides is 1. The van der Waals surface area contributed by atoms with Gasteiger partial charge in [-0.25, -0.2) is 0 Å². The Labute approximate surface area is 182 Å². The Hall–Kier alpha value is -0.670. The number of carbonyl (C=O) groups is 1. The lowest BCUT2D eigenvalue weighted by molar-refractivity contribution is -0.132. The Morgan fingerprint density at radius 3 is 2.88 bits per heavy atom. The summed E-state index contributed by atoms with van der Waals surface area (Å²) in [6, 6.07) is 8.19. The number of aliphatic imine (C=N–C) groups is 1. The van der Waals surface area contributed by atoms with E-state index in [0.29, 0.717) is 19.5 Å². The summed E-state index contributed by atoms with van der Waals surface area (Å²) in [5.41, 5.74) is 1.18. The predicted octanol–water partition coefficient (Wildman–Crippen LogP) is 3.54. The molecule has 0 spiro atoms. The van der Waals surface area contributed by atoms with E-state index >= 15 is 0 Å². The first-order valence-electron chi connectivity index (χ1n) is 8.60. The summed E-state index contributed by atoms with van der Waals surface area (Å²) in [6.45, 7) is 4.23. The molecule has 8 heteroatoms. The van der Waals surface area contributed by atoms with E-state index in [1.54, 1.807) is 16.7 Å². The van der Waals surface area contributed by atoms with Crippen molar-refractivity contribution < 1.29 is 4.79 Å². The van der Waals surface area contributed by atoms with Crippen LogP contribution in [0.2, 0.25) is 5.02 Å². The average molecular weight is 511 g/mol. The van der Waals surface area contributed by atoms with Gasteiger partial charge in [-0.15, -0.1) is 24.0 Å². The Morgan fingerprint density at radius 2 is 2.27 bits per heavy atom. The van der Waals surface area contributed by atoms with Crippen LogP contribution in [0.4, 0.5) is 0 Å². The molecule has 1 aromatic carbocycles. The molecule has 0 bridgehead atoms. The second-order valence-electron chi connectivity index (χ2n) is 6.15. The van der Waals surface area contributed by atoms with E-state index in [1.807, 2.05) is 25.2 Å². The van der Waals surface area contributed by atoms with Gasteiger partial charge in [0.2, 0.25) is 5.91 Å². The zero-order valence-corrected chi connectivity index (χ0v) is 19.4. The number of thioether (sulfide) groups is 1. The molecule has 5 nitrogen and oxygen atoms in total. The Kier molecular flexibility index (Phi) is 10.7. The third-order valence-corrected chi connectivity index (χ3v) is 5.46. The quantitative estimate of drug-likeness (QED) is 0.349. The van der Waals surface area contributed by atoms with Gasteiger partial charge in [0.25, 0.3) is 0 Å². The number of piperidine rings is 1. The lowest BCUT2D eigenvalue weighted by Crippen LogP contribution is -2.51. The Morgan fingerprint density at radius 1 is 1.50 bits per heavy atom. The Balaban J connectivity index is 0.00000338. The summed E-state index contributed by atoms with van der Waals surface area (Å²) >= 11 is 7.88. The van der Waals surface area contributed by atoms with Crippen LogP contribution in [0.5, 0.6) is 0 Å². The van der Waals surface area contributed by atoms with Crippen molar-refractivity contribution in [3.8, 4) is 0 Å². The van der Waals surface area contributed by atoms with E-state index in [-0.39, 0.29) is 41.2 Å². The summed E-state index contributed by atoms with van der Waals surface area (Å²) in [5, 5.41) is 7.76. The van der Waals surface area contributed by atoms with Gasteiger partial charge in [0, 0.05) is 42.9 Å². The van der Waals surface area contributed by atoms with Gasteiger partial charge in [-0.1, -0.05) is 23.7 Å². The number of likely N-dealkylation sites (tertiary alicyclic amines) is 1. The van der Waals surface area contributed by atoms with Gasteiger partial charge in [-0.3, -0.25) is 9.79 Å². The third kappa shape index (κ3) is 7.15. The molecule has 1 fully saturated rings. The van der Waals surface area contributed by atoms with Gasteiger partial charge >= 0.3 is 0 Å². The molecule has 2 rings (SSSR count). The van der Waals surface area contributed by atoms with E-state index in [9.17, 15) is 4.79 Å². The summed E-state index contributed by atoms with van der Waals surface area (Å²) in [7, 11) is 1.85. The maximum atomic E-state index is 11.6. The first-order chi connectivity index (χ1) is 12.0. The van der Waals surface area contributed by atoms with Crippen LogP contribution in [-0.4, -0.2) is 55.7 Å². The average Bonchev–Trinajstić information content (AvgIpc) is 2.59. The van der Waals surface area contributed by atoms with Crippen molar-refractivity contribution in [1.82, 2.24) is 15.5 Å². The van der Waals surface area contributed by atoms with Crippen LogP contribution in [0.15, 0.2) is 29.3 Å². The van der Waals surface area contributed by atoms with Crippen LogP contribution >= 0.6 is 47.3 Å². The van der Waals surface area contributed by atoms with E-state index in [0.717, 1.165) is 23.9 Å². The first-order valence-corrected chi connectivity index (χ1v) is 10.3. The minimum absolute atomic E-state index is 0. The molecule has 26 heavy (non-hydrogen) atoms. The fourth-order valence-corrected chi connectivity index (χ4v) is 3.68. The number of carbonyl (C=O) groups excluding carboxylic acids is 1. The smallest absolute Gasteiger partial charge is 0.222 e. The van der Waals surface area contributed by atoms with Crippen molar-refractivity contribution in [2.45, 2.75) is 31.1 Å². The molecule has 1 aromatic rings. The number of likely N-dealkylation sites (N-methyl/N-ethyl adjacent to an activating group) is 1. The highest BCUT2D eigenvalue weighted by molar-refractivity contribution is 14.0. The van der Waals surface area contributed by atoms with Crippen molar-refractivity contribution in [3.63, 3.8) is 0 Å². The predicted molar refractivity (Wildman–Crippen MR) is 123 cm³/mol. The highest BCUT2D eigenvalue weighted by Crippen LogP contribution is 2.28. The Bertz CT molecular complexity index is 617. The van der Waals surface area contributed by atoms with Crippen LogP contribution in [0.25, 0.3) is 0 Å². The molecule has 1 heterocycles. The lowest BCUT2D eigenvalue weighted by atomic mass is 10.1. The minimum Gasteiger partial charge on any atom is -0.357 e. The SMILES string of the molecule is CCNC(=NCC(SC)c1cccc(Cl)c1)NC1CCC(=O)N(C)C1.I. The van der Waals surface area contributed by atoms with Gasteiger partial charge in [0.05, 0.1) is 6.54 Å². The number of halogens is 2. The van der Waals surface area contributed by atoms with Gasteiger partial charge in [0.1, 0.15) is 0 Å².